The molecule has 0 unspecified atom stereocenters. The lowest BCUT2D eigenvalue weighted by molar-refractivity contribution is -0.141. The lowest BCUT2D eigenvalue weighted by Gasteiger charge is -2.24. The van der Waals surface area contributed by atoms with Crippen LogP contribution in [0.5, 0.6) is 0 Å². The molecule has 0 aromatic carbocycles. The van der Waals surface area contributed by atoms with Gasteiger partial charge in [-0.15, -0.1) is 0 Å². The molecule has 0 aliphatic carbocycles. The summed E-state index contributed by atoms with van der Waals surface area (Å²) in [6.45, 7) is 9.05. The van der Waals surface area contributed by atoms with Crippen LogP contribution in [0.1, 0.15) is 27.2 Å². The van der Waals surface area contributed by atoms with Gasteiger partial charge < -0.3 is 9.64 Å². The number of amides is 1. The Labute approximate surface area is 104 Å². The molecule has 0 radical (unpaired) electrons. The number of hydrogen-bond acceptors (Lipinski definition) is 4. The Balaban J connectivity index is 4.11. The lowest BCUT2D eigenvalue weighted by atomic mass is 10.3. The third-order valence-corrected chi connectivity index (χ3v) is 2.78. The third-order valence-electron chi connectivity index (χ3n) is 2.78. The molecule has 5 nitrogen and oxygen atoms in total. The van der Waals surface area contributed by atoms with Gasteiger partial charge in [0.1, 0.15) is 0 Å². The highest BCUT2D eigenvalue weighted by Crippen LogP contribution is 1.97. The average molecular weight is 244 g/mol. The first kappa shape index (κ1) is 15.9. The Kier molecular flexibility index (Phi) is 8.40. The molecule has 5 heteroatoms. The number of hydrogen-bond donors (Lipinski definition) is 0. The summed E-state index contributed by atoms with van der Waals surface area (Å²) in [5, 5.41) is 0. The molecule has 0 rings (SSSR count). The normalized spacial score (nSPS) is 10.4. The van der Waals surface area contributed by atoms with Crippen LogP contribution in [-0.4, -0.2) is 61.5 Å². The zero-order valence-corrected chi connectivity index (χ0v) is 11.4. The summed E-state index contributed by atoms with van der Waals surface area (Å²) in [7, 11) is 1.37. The molecule has 0 heterocycles. The van der Waals surface area contributed by atoms with Gasteiger partial charge >= 0.3 is 5.97 Å². The molecule has 0 spiro atoms. The largest absolute Gasteiger partial charge is 0.469 e. The first-order chi connectivity index (χ1) is 8.08. The molecule has 0 fully saturated rings. The van der Waals surface area contributed by atoms with Crippen LogP contribution in [0, 0.1) is 0 Å². The standard InChI is InChI=1S/C12H24N2O3/c1-5-13(9-8-12(16)17-4)10-11(15)14(6-2)7-3/h5-10H2,1-4H3. The van der Waals surface area contributed by atoms with Crippen molar-refractivity contribution in [3.63, 3.8) is 0 Å². The zero-order valence-electron chi connectivity index (χ0n) is 11.4. The third kappa shape index (κ3) is 6.26. The lowest BCUT2D eigenvalue weighted by Crippen LogP contribution is -2.40. The van der Waals surface area contributed by atoms with E-state index in [2.05, 4.69) is 4.74 Å². The van der Waals surface area contributed by atoms with Crippen LogP contribution < -0.4 is 0 Å². The first-order valence-corrected chi connectivity index (χ1v) is 6.15. The van der Waals surface area contributed by atoms with Gasteiger partial charge in [-0.25, -0.2) is 0 Å². The van der Waals surface area contributed by atoms with E-state index in [0.717, 1.165) is 19.6 Å². The van der Waals surface area contributed by atoms with Crippen LogP contribution in [-0.2, 0) is 14.3 Å². The van der Waals surface area contributed by atoms with Gasteiger partial charge in [0.15, 0.2) is 0 Å². The average Bonchev–Trinajstić information content (AvgIpc) is 2.35. The topological polar surface area (TPSA) is 49.9 Å². The summed E-state index contributed by atoms with van der Waals surface area (Å²) in [6.07, 6.45) is 0.329. The molecule has 0 bridgehead atoms. The predicted octanol–water partition coefficient (Wildman–Crippen LogP) is 0.740. The number of ether oxygens (including phenoxy) is 1. The summed E-state index contributed by atoms with van der Waals surface area (Å²) in [5.41, 5.74) is 0. The second kappa shape index (κ2) is 8.98. The SMILES string of the molecule is CCN(CCC(=O)OC)CC(=O)N(CC)CC. The number of carbonyl (C=O) groups excluding carboxylic acids is 2. The van der Waals surface area contributed by atoms with Crippen molar-refractivity contribution in [2.75, 3.05) is 39.8 Å². The van der Waals surface area contributed by atoms with Gasteiger partial charge in [0.2, 0.25) is 5.91 Å². The predicted molar refractivity (Wildman–Crippen MR) is 66.7 cm³/mol. The van der Waals surface area contributed by atoms with Crippen molar-refractivity contribution in [2.24, 2.45) is 0 Å². The van der Waals surface area contributed by atoms with Crippen molar-refractivity contribution in [1.29, 1.82) is 0 Å². The van der Waals surface area contributed by atoms with Crippen LogP contribution in [0.4, 0.5) is 0 Å². The van der Waals surface area contributed by atoms with E-state index in [1.165, 1.54) is 7.11 Å². The molecule has 0 aliphatic heterocycles. The van der Waals surface area contributed by atoms with E-state index < -0.39 is 0 Å². The first-order valence-electron chi connectivity index (χ1n) is 6.15. The number of esters is 1. The smallest absolute Gasteiger partial charge is 0.306 e. The van der Waals surface area contributed by atoms with E-state index in [9.17, 15) is 9.59 Å². The summed E-state index contributed by atoms with van der Waals surface area (Å²) in [5.74, 6) is -0.125. The van der Waals surface area contributed by atoms with Crippen LogP contribution >= 0.6 is 0 Å². The maximum absolute atomic E-state index is 11.9. The van der Waals surface area contributed by atoms with E-state index in [-0.39, 0.29) is 11.9 Å². The fraction of sp³-hybridized carbons (Fsp3) is 0.833. The Bertz CT molecular complexity index is 240. The maximum Gasteiger partial charge on any atom is 0.306 e. The fourth-order valence-corrected chi connectivity index (χ4v) is 1.57. The monoisotopic (exact) mass is 244 g/mol. The highest BCUT2D eigenvalue weighted by atomic mass is 16.5. The summed E-state index contributed by atoms with van der Waals surface area (Å²) in [6, 6.07) is 0. The number of likely N-dealkylation sites (N-methyl/N-ethyl adjacent to an activating group) is 2. The van der Waals surface area contributed by atoms with Crippen molar-refractivity contribution in [2.45, 2.75) is 27.2 Å². The highest BCUT2D eigenvalue weighted by molar-refractivity contribution is 5.78. The molecule has 100 valence electrons. The molecule has 1 amide bonds. The van der Waals surface area contributed by atoms with Gasteiger partial charge in [-0.1, -0.05) is 6.92 Å². The van der Waals surface area contributed by atoms with Crippen LogP contribution in [0.25, 0.3) is 0 Å². The Morgan fingerprint density at radius 3 is 2.06 bits per heavy atom. The number of carbonyl (C=O) groups is 2. The second-order valence-corrected chi connectivity index (χ2v) is 3.76. The van der Waals surface area contributed by atoms with E-state index in [4.69, 9.17) is 0 Å². The quantitative estimate of drug-likeness (QED) is 0.591. The minimum Gasteiger partial charge on any atom is -0.469 e. The molecule has 0 saturated heterocycles. The maximum atomic E-state index is 11.9. The Morgan fingerprint density at radius 2 is 1.65 bits per heavy atom. The fourth-order valence-electron chi connectivity index (χ4n) is 1.57. The number of rotatable bonds is 8. The Hall–Kier alpha value is -1.10. The van der Waals surface area contributed by atoms with Crippen LogP contribution in [0.2, 0.25) is 0 Å². The van der Waals surface area contributed by atoms with Crippen molar-refractivity contribution in [3.05, 3.63) is 0 Å². The molecule has 0 aromatic heterocycles. The minimum atomic E-state index is -0.237. The van der Waals surface area contributed by atoms with Crippen LogP contribution in [0.15, 0.2) is 0 Å². The molecular formula is C12H24N2O3. The van der Waals surface area contributed by atoms with Crippen molar-refractivity contribution in [1.82, 2.24) is 9.80 Å². The van der Waals surface area contributed by atoms with Gasteiger partial charge in [-0.05, 0) is 20.4 Å². The summed E-state index contributed by atoms with van der Waals surface area (Å²) < 4.78 is 4.58. The second-order valence-electron chi connectivity index (χ2n) is 3.76. The van der Waals surface area contributed by atoms with Gasteiger partial charge in [-0.2, -0.15) is 0 Å². The molecule has 17 heavy (non-hydrogen) atoms. The molecule has 0 aromatic rings. The molecule has 0 saturated carbocycles. The number of nitrogens with zero attached hydrogens (tertiary/aromatic N) is 2. The molecule has 0 atom stereocenters. The highest BCUT2D eigenvalue weighted by Gasteiger charge is 2.14. The van der Waals surface area contributed by atoms with Crippen molar-refractivity contribution < 1.29 is 14.3 Å². The molecule has 0 aliphatic rings. The molecular weight excluding hydrogens is 220 g/mol. The van der Waals surface area contributed by atoms with Gasteiger partial charge in [0, 0.05) is 19.6 Å². The van der Waals surface area contributed by atoms with Gasteiger partial charge in [-0.3, -0.25) is 14.5 Å². The van der Waals surface area contributed by atoms with E-state index >= 15 is 0 Å². The minimum absolute atomic E-state index is 0.113. The van der Waals surface area contributed by atoms with E-state index in [1.54, 1.807) is 4.90 Å². The van der Waals surface area contributed by atoms with Crippen LogP contribution in [0.3, 0.4) is 0 Å². The van der Waals surface area contributed by atoms with Gasteiger partial charge in [0.25, 0.3) is 0 Å². The summed E-state index contributed by atoms with van der Waals surface area (Å²) in [4.78, 5) is 26.6. The summed E-state index contributed by atoms with van der Waals surface area (Å²) >= 11 is 0. The number of methoxy groups -OCH3 is 1. The van der Waals surface area contributed by atoms with E-state index in [1.807, 2.05) is 25.7 Å². The zero-order chi connectivity index (χ0) is 13.3. The van der Waals surface area contributed by atoms with E-state index in [0.29, 0.717) is 19.5 Å². The van der Waals surface area contributed by atoms with Crippen molar-refractivity contribution >= 4 is 11.9 Å². The van der Waals surface area contributed by atoms with Gasteiger partial charge in [0.05, 0.1) is 20.1 Å². The molecule has 0 N–H and O–H groups in total. The Morgan fingerprint density at radius 1 is 1.06 bits per heavy atom. The van der Waals surface area contributed by atoms with Crippen molar-refractivity contribution in [3.8, 4) is 0 Å².